The Morgan fingerprint density at radius 3 is 1.25 bits per heavy atom. The Balaban J connectivity index is 0.00000641. The van der Waals surface area contributed by atoms with Crippen LogP contribution in [0.5, 0.6) is 0 Å². The van der Waals surface area contributed by atoms with Crippen molar-refractivity contribution in [2.75, 3.05) is 19.6 Å². The monoisotopic (exact) mass is 1020 g/mol. The first-order valence-corrected chi connectivity index (χ1v) is 25.0. The van der Waals surface area contributed by atoms with Crippen molar-refractivity contribution in [1.82, 2.24) is 29.3 Å². The van der Waals surface area contributed by atoms with Crippen molar-refractivity contribution in [2.24, 2.45) is 0 Å². The molecule has 4 aromatic heterocycles. The van der Waals surface area contributed by atoms with Gasteiger partial charge in [-0.05, 0) is 133 Å². The second-order valence-corrected chi connectivity index (χ2v) is 19.4. The highest BCUT2D eigenvalue weighted by Gasteiger charge is 2.50. The molecule has 7 nitrogen and oxygen atoms in total. The minimum absolute atomic E-state index is 0. The number of fused-ring (bicyclic) bond motifs is 2. The van der Waals surface area contributed by atoms with Crippen LogP contribution in [-0.2, 0) is 36.0 Å². The smallest absolute Gasteiger partial charge is 0.210 e. The van der Waals surface area contributed by atoms with Crippen molar-refractivity contribution >= 4 is 40.6 Å². The largest absolute Gasteiger partial charge is 0.329 e. The van der Waals surface area contributed by atoms with Crippen LogP contribution >= 0.6 is 12.4 Å². The Morgan fingerprint density at radius 2 is 0.880 bits per heavy atom. The number of aromatic nitrogens is 4. The topological polar surface area (TPSA) is 68.0 Å². The molecular weight excluding hydrogens is 968 g/mol. The number of rotatable bonds is 13. The molecule has 1 N–H and O–H groups in total. The molecule has 0 atom stereocenters. The average Bonchev–Trinajstić information content (AvgIpc) is 4.01. The van der Waals surface area contributed by atoms with E-state index >= 15 is 17.6 Å². The standard InChI is InChI=1S/C63H54F4N6O.ClH/c1-39-43(15-11-23-51(39)64)33-55-61-49(27-29-69-55)59(57(72(61)47-19-7-5-8-20-47)35-45-17-13-25-53(66)41(45)3)63(37-68-31-32-71(63)38-74)60-50-28-30-70-56(34-44-16-12-24-52(65)40(44)2)62(50)73(48-21-9-6-10-22-48)58(60)36-46-18-14-26-54(67)42(46)4;/h5-30,38,68H,31-37H2,1-4H3;1H. The molecule has 1 aliphatic heterocycles. The lowest BCUT2D eigenvalue weighted by Crippen LogP contribution is -2.59. The third-order valence-corrected chi connectivity index (χ3v) is 15.4. The molecule has 10 aromatic rings. The second kappa shape index (κ2) is 20.8. The average molecular weight is 1020 g/mol. The van der Waals surface area contributed by atoms with Crippen LogP contribution in [0.15, 0.2) is 158 Å². The van der Waals surface area contributed by atoms with Crippen molar-refractivity contribution in [3.05, 3.63) is 260 Å². The second-order valence-electron chi connectivity index (χ2n) is 19.4. The van der Waals surface area contributed by atoms with Crippen molar-refractivity contribution in [1.29, 1.82) is 0 Å². The first-order valence-electron chi connectivity index (χ1n) is 25.0. The molecule has 0 spiro atoms. The van der Waals surface area contributed by atoms with Crippen LogP contribution in [-0.4, -0.2) is 50.0 Å². The number of benzene rings is 6. The van der Waals surface area contributed by atoms with Crippen LogP contribution in [0, 0.1) is 51.0 Å². The third kappa shape index (κ3) is 8.77. The number of carbonyl (C=O) groups excluding carboxylic acids is 1. The number of nitrogens with zero attached hydrogens (tertiary/aromatic N) is 5. The van der Waals surface area contributed by atoms with Gasteiger partial charge in [0.05, 0.1) is 22.4 Å². The van der Waals surface area contributed by atoms with E-state index in [1.54, 1.807) is 64.4 Å². The number of hydrogen-bond donors (Lipinski definition) is 1. The first kappa shape index (κ1) is 50.7. The molecular formula is C63H55ClF4N6O. The predicted octanol–water partition coefficient (Wildman–Crippen LogP) is 13.2. The molecule has 12 heteroatoms. The fourth-order valence-corrected chi connectivity index (χ4v) is 11.5. The highest BCUT2D eigenvalue weighted by Crippen LogP contribution is 2.51. The fraction of sp³-hybridized carbons (Fsp3) is 0.190. The van der Waals surface area contributed by atoms with Gasteiger partial charge in [0.15, 0.2) is 0 Å². The molecule has 0 unspecified atom stereocenters. The van der Waals surface area contributed by atoms with E-state index in [9.17, 15) is 4.79 Å². The SMILES string of the molecule is Cc1c(F)cccc1Cc1nccc2c(C3(c4c(Cc5cccc(F)c5C)n(-c5ccccc5)c5c(Cc6cccc(F)c6C)nccc45)CNCCN3C=O)c(Cc3cccc(F)c3C)n(-c3ccccc3)c12.Cl. The van der Waals surface area contributed by atoms with Gasteiger partial charge in [-0.2, -0.15) is 0 Å². The number of halogens is 5. The summed E-state index contributed by atoms with van der Waals surface area (Å²) in [5, 5.41) is 5.36. The van der Waals surface area contributed by atoms with E-state index in [0.717, 1.165) is 84.4 Å². The zero-order chi connectivity index (χ0) is 51.3. The Kier molecular flexibility index (Phi) is 14.1. The molecule has 0 radical (unpaired) electrons. The Hall–Kier alpha value is -7.86. The van der Waals surface area contributed by atoms with Crippen LogP contribution in [0.3, 0.4) is 0 Å². The van der Waals surface area contributed by atoms with Gasteiger partial charge >= 0.3 is 0 Å². The van der Waals surface area contributed by atoms with Crippen LogP contribution < -0.4 is 5.32 Å². The minimum Gasteiger partial charge on any atom is -0.329 e. The summed E-state index contributed by atoms with van der Waals surface area (Å²) in [6.07, 6.45) is 5.53. The van der Waals surface area contributed by atoms with E-state index in [0.29, 0.717) is 46.7 Å². The zero-order valence-electron chi connectivity index (χ0n) is 42.1. The van der Waals surface area contributed by atoms with Gasteiger partial charge in [-0.15, -0.1) is 12.4 Å². The number of amides is 1. The van der Waals surface area contributed by atoms with Crippen molar-refractivity contribution in [3.63, 3.8) is 0 Å². The molecule has 75 heavy (non-hydrogen) atoms. The third-order valence-electron chi connectivity index (χ3n) is 15.4. The van der Waals surface area contributed by atoms with Gasteiger partial charge in [-0.1, -0.05) is 84.9 Å². The van der Waals surface area contributed by atoms with E-state index in [4.69, 9.17) is 9.97 Å². The number of piperazine rings is 1. The summed E-state index contributed by atoms with van der Waals surface area (Å²) < 4.78 is 67.1. The van der Waals surface area contributed by atoms with E-state index in [1.807, 2.05) is 102 Å². The van der Waals surface area contributed by atoms with Crippen molar-refractivity contribution < 1.29 is 22.4 Å². The summed E-state index contributed by atoms with van der Waals surface area (Å²) in [4.78, 5) is 26.6. The molecule has 0 saturated carbocycles. The van der Waals surface area contributed by atoms with E-state index in [-0.39, 0.29) is 67.9 Å². The molecule has 5 heterocycles. The van der Waals surface area contributed by atoms with Crippen molar-refractivity contribution in [3.8, 4) is 11.4 Å². The normalized spacial score (nSPS) is 13.4. The maximum Gasteiger partial charge on any atom is 0.210 e. The number of hydrogen-bond acceptors (Lipinski definition) is 4. The summed E-state index contributed by atoms with van der Waals surface area (Å²) in [5.41, 5.74) is 11.4. The summed E-state index contributed by atoms with van der Waals surface area (Å²) >= 11 is 0. The Labute approximate surface area is 439 Å². The molecule has 0 bridgehead atoms. The zero-order valence-corrected chi connectivity index (χ0v) is 42.9. The summed E-state index contributed by atoms with van der Waals surface area (Å²) in [7, 11) is 0. The van der Waals surface area contributed by atoms with Crippen LogP contribution in [0.4, 0.5) is 17.6 Å². The number of pyridine rings is 2. The van der Waals surface area contributed by atoms with Gasteiger partial charge in [0.2, 0.25) is 6.41 Å². The molecule has 1 saturated heterocycles. The minimum atomic E-state index is -1.36. The van der Waals surface area contributed by atoms with Gasteiger partial charge in [0.25, 0.3) is 0 Å². The van der Waals surface area contributed by atoms with Gasteiger partial charge in [-0.3, -0.25) is 14.8 Å². The molecule has 1 fully saturated rings. The van der Waals surface area contributed by atoms with Gasteiger partial charge in [0, 0.05) is 102 Å². The first-order chi connectivity index (χ1) is 36.0. The lowest BCUT2D eigenvalue weighted by molar-refractivity contribution is -0.124. The highest BCUT2D eigenvalue weighted by atomic mass is 35.5. The Bertz CT molecular complexity index is 3550. The van der Waals surface area contributed by atoms with Gasteiger partial charge < -0.3 is 19.4 Å². The lowest BCUT2D eigenvalue weighted by Gasteiger charge is -2.47. The lowest BCUT2D eigenvalue weighted by atomic mass is 9.75. The van der Waals surface area contributed by atoms with E-state index < -0.39 is 5.54 Å². The summed E-state index contributed by atoms with van der Waals surface area (Å²) in [6, 6.07) is 44.4. The van der Waals surface area contributed by atoms with Gasteiger partial charge in [0.1, 0.15) is 28.8 Å². The number of nitrogens with one attached hydrogen (secondary N) is 1. The van der Waals surface area contributed by atoms with Crippen LogP contribution in [0.2, 0.25) is 0 Å². The fourth-order valence-electron chi connectivity index (χ4n) is 11.5. The molecule has 1 amide bonds. The van der Waals surface area contributed by atoms with Gasteiger partial charge in [-0.25, -0.2) is 17.6 Å². The summed E-state index contributed by atoms with van der Waals surface area (Å²) in [5.74, 6) is -1.32. The molecule has 378 valence electrons. The Morgan fingerprint density at radius 1 is 0.507 bits per heavy atom. The van der Waals surface area contributed by atoms with E-state index in [2.05, 4.69) is 14.5 Å². The number of carbonyl (C=O) groups is 1. The predicted molar refractivity (Wildman–Crippen MR) is 292 cm³/mol. The maximum absolute atomic E-state index is 15.9. The molecule has 6 aromatic carbocycles. The quantitative estimate of drug-likeness (QED) is 0.0923. The van der Waals surface area contributed by atoms with Crippen LogP contribution in [0.25, 0.3) is 33.2 Å². The number of para-hydroxylation sites is 2. The summed E-state index contributed by atoms with van der Waals surface area (Å²) in [6.45, 7) is 8.16. The molecule has 0 aliphatic carbocycles. The van der Waals surface area contributed by atoms with Crippen molar-refractivity contribution in [2.45, 2.75) is 58.9 Å². The van der Waals surface area contributed by atoms with Crippen LogP contribution in [0.1, 0.15) is 78.4 Å². The highest BCUT2D eigenvalue weighted by molar-refractivity contribution is 5.96. The molecule has 1 aliphatic rings. The molecule has 11 rings (SSSR count). The maximum atomic E-state index is 15.9. The van der Waals surface area contributed by atoms with E-state index in [1.165, 1.54) is 24.3 Å².